The first-order chi connectivity index (χ1) is 8.70. The van der Waals surface area contributed by atoms with Crippen molar-refractivity contribution in [3.05, 3.63) is 24.0 Å². The number of aromatic nitrogens is 1. The number of ether oxygens (including phenoxy) is 1. The van der Waals surface area contributed by atoms with E-state index in [0.717, 1.165) is 19.4 Å². The zero-order chi connectivity index (χ0) is 13.0. The van der Waals surface area contributed by atoms with Gasteiger partial charge >= 0.3 is 0 Å². The fraction of sp³-hybridized carbons (Fsp3) is 0.538. The second-order valence-corrected chi connectivity index (χ2v) is 4.40. The third-order valence-corrected chi connectivity index (χ3v) is 3.04. The monoisotopic (exact) mass is 250 g/mol. The molecule has 0 bridgehead atoms. The predicted octanol–water partition coefficient (Wildman–Crippen LogP) is 1.43. The quantitative estimate of drug-likeness (QED) is 0.881. The van der Waals surface area contributed by atoms with Gasteiger partial charge in [-0.05, 0) is 25.8 Å². The Kier molecular flexibility index (Phi) is 4.15. The number of piperidine rings is 1. The SMILES string of the molecule is CCOC1CCCN(C(=O)c2cncc(O)c2)C1. The number of carbonyl (C=O) groups excluding carboxylic acids is 1. The Balaban J connectivity index is 2.04. The van der Waals surface area contributed by atoms with Crippen molar-refractivity contribution in [3.8, 4) is 5.75 Å². The van der Waals surface area contributed by atoms with Crippen molar-refractivity contribution in [2.24, 2.45) is 0 Å². The van der Waals surface area contributed by atoms with Gasteiger partial charge < -0.3 is 14.7 Å². The maximum atomic E-state index is 12.2. The number of aromatic hydroxyl groups is 1. The van der Waals surface area contributed by atoms with Gasteiger partial charge in [0.1, 0.15) is 5.75 Å². The van der Waals surface area contributed by atoms with Crippen molar-refractivity contribution in [2.45, 2.75) is 25.9 Å². The molecule has 1 unspecified atom stereocenters. The van der Waals surface area contributed by atoms with Crippen LogP contribution in [-0.4, -0.2) is 46.7 Å². The maximum Gasteiger partial charge on any atom is 0.255 e. The van der Waals surface area contributed by atoms with Gasteiger partial charge in [0.25, 0.3) is 5.91 Å². The number of nitrogens with zero attached hydrogens (tertiary/aromatic N) is 2. The summed E-state index contributed by atoms with van der Waals surface area (Å²) in [5.41, 5.74) is 0.423. The van der Waals surface area contributed by atoms with Crippen LogP contribution in [-0.2, 0) is 4.74 Å². The van der Waals surface area contributed by atoms with E-state index in [4.69, 9.17) is 4.74 Å². The molecule has 1 aliphatic heterocycles. The Labute approximate surface area is 106 Å². The molecule has 0 radical (unpaired) electrons. The van der Waals surface area contributed by atoms with Gasteiger partial charge in [0, 0.05) is 25.9 Å². The van der Waals surface area contributed by atoms with Crippen LogP contribution in [0.15, 0.2) is 18.5 Å². The predicted molar refractivity (Wildman–Crippen MR) is 66.5 cm³/mol. The fourth-order valence-corrected chi connectivity index (χ4v) is 2.22. The van der Waals surface area contributed by atoms with Gasteiger partial charge in [0.15, 0.2) is 0 Å². The standard InChI is InChI=1S/C13H18N2O3/c1-2-18-12-4-3-5-15(9-12)13(17)10-6-11(16)8-14-7-10/h6-8,12,16H,2-5,9H2,1H3. The minimum Gasteiger partial charge on any atom is -0.506 e. The van der Waals surface area contributed by atoms with Crippen molar-refractivity contribution in [1.29, 1.82) is 0 Å². The number of hydrogen-bond acceptors (Lipinski definition) is 4. The van der Waals surface area contributed by atoms with E-state index < -0.39 is 0 Å². The lowest BCUT2D eigenvalue weighted by Crippen LogP contribution is -2.43. The van der Waals surface area contributed by atoms with E-state index in [-0.39, 0.29) is 17.8 Å². The number of pyridine rings is 1. The van der Waals surface area contributed by atoms with Crippen LogP contribution in [0.2, 0.25) is 0 Å². The van der Waals surface area contributed by atoms with Gasteiger partial charge in [-0.2, -0.15) is 0 Å². The molecule has 5 nitrogen and oxygen atoms in total. The molecule has 1 aromatic heterocycles. The smallest absolute Gasteiger partial charge is 0.255 e. The first kappa shape index (κ1) is 12.8. The van der Waals surface area contributed by atoms with Crippen LogP contribution >= 0.6 is 0 Å². The lowest BCUT2D eigenvalue weighted by Gasteiger charge is -2.32. The molecule has 2 heterocycles. The van der Waals surface area contributed by atoms with Crippen LogP contribution in [0, 0.1) is 0 Å². The second kappa shape index (κ2) is 5.82. The van der Waals surface area contributed by atoms with Gasteiger partial charge in [-0.3, -0.25) is 9.78 Å². The van der Waals surface area contributed by atoms with Gasteiger partial charge in [-0.15, -0.1) is 0 Å². The Morgan fingerprint density at radius 1 is 1.61 bits per heavy atom. The molecule has 0 spiro atoms. The van der Waals surface area contributed by atoms with Crippen LogP contribution in [0.1, 0.15) is 30.1 Å². The van der Waals surface area contributed by atoms with Crippen molar-refractivity contribution < 1.29 is 14.6 Å². The Bertz CT molecular complexity index is 420. The average molecular weight is 250 g/mol. The topological polar surface area (TPSA) is 62.7 Å². The van der Waals surface area contributed by atoms with Gasteiger partial charge in [-0.25, -0.2) is 0 Å². The molecule has 1 fully saturated rings. The minimum absolute atomic E-state index is 0.0132. The van der Waals surface area contributed by atoms with Gasteiger partial charge in [0.05, 0.1) is 17.9 Å². The highest BCUT2D eigenvalue weighted by Gasteiger charge is 2.24. The molecule has 0 saturated carbocycles. The van der Waals surface area contributed by atoms with E-state index in [1.165, 1.54) is 18.5 Å². The third-order valence-electron chi connectivity index (χ3n) is 3.04. The zero-order valence-electron chi connectivity index (χ0n) is 10.5. The number of rotatable bonds is 3. The zero-order valence-corrected chi connectivity index (χ0v) is 10.5. The highest BCUT2D eigenvalue weighted by atomic mass is 16.5. The molecule has 0 aromatic carbocycles. The van der Waals surface area contributed by atoms with Crippen LogP contribution in [0.4, 0.5) is 0 Å². The van der Waals surface area contributed by atoms with E-state index in [1.54, 1.807) is 4.90 Å². The van der Waals surface area contributed by atoms with Crippen molar-refractivity contribution in [3.63, 3.8) is 0 Å². The lowest BCUT2D eigenvalue weighted by molar-refractivity contribution is 0.00722. The second-order valence-electron chi connectivity index (χ2n) is 4.40. The molecule has 1 saturated heterocycles. The minimum atomic E-state index is -0.0946. The molecular weight excluding hydrogens is 232 g/mol. The lowest BCUT2D eigenvalue weighted by atomic mass is 10.1. The van der Waals surface area contributed by atoms with E-state index in [9.17, 15) is 9.90 Å². The molecule has 1 aromatic rings. The summed E-state index contributed by atoms with van der Waals surface area (Å²) in [6.07, 6.45) is 4.86. The number of likely N-dealkylation sites (tertiary alicyclic amines) is 1. The van der Waals surface area contributed by atoms with Crippen molar-refractivity contribution >= 4 is 5.91 Å². The first-order valence-corrected chi connectivity index (χ1v) is 6.25. The van der Waals surface area contributed by atoms with Crippen LogP contribution < -0.4 is 0 Å². The summed E-state index contributed by atoms with van der Waals surface area (Å²) >= 11 is 0. The largest absolute Gasteiger partial charge is 0.506 e. The Hall–Kier alpha value is -1.62. The van der Waals surface area contributed by atoms with Gasteiger partial charge in [0.2, 0.25) is 0 Å². The van der Waals surface area contributed by atoms with Crippen LogP contribution in [0.25, 0.3) is 0 Å². The number of hydrogen-bond donors (Lipinski definition) is 1. The molecular formula is C13H18N2O3. The van der Waals surface area contributed by atoms with E-state index >= 15 is 0 Å². The summed E-state index contributed by atoms with van der Waals surface area (Å²) in [5, 5.41) is 9.34. The van der Waals surface area contributed by atoms with E-state index in [2.05, 4.69) is 4.98 Å². The molecule has 5 heteroatoms. The average Bonchev–Trinajstić information content (AvgIpc) is 2.39. The molecule has 98 valence electrons. The van der Waals surface area contributed by atoms with E-state index in [0.29, 0.717) is 18.7 Å². The molecule has 1 N–H and O–H groups in total. The molecule has 2 rings (SSSR count). The molecule has 1 amide bonds. The first-order valence-electron chi connectivity index (χ1n) is 6.25. The van der Waals surface area contributed by atoms with Crippen molar-refractivity contribution in [1.82, 2.24) is 9.88 Å². The van der Waals surface area contributed by atoms with Crippen LogP contribution in [0.5, 0.6) is 5.75 Å². The summed E-state index contributed by atoms with van der Waals surface area (Å²) in [7, 11) is 0. The summed E-state index contributed by atoms with van der Waals surface area (Å²) in [5.74, 6) is -0.0815. The van der Waals surface area contributed by atoms with Crippen molar-refractivity contribution in [2.75, 3.05) is 19.7 Å². The third kappa shape index (κ3) is 2.98. The van der Waals surface area contributed by atoms with Gasteiger partial charge in [-0.1, -0.05) is 0 Å². The normalized spacial score (nSPS) is 19.8. The summed E-state index contributed by atoms with van der Waals surface area (Å²) < 4.78 is 5.56. The molecule has 1 aliphatic rings. The summed E-state index contributed by atoms with van der Waals surface area (Å²) in [6.45, 7) is 3.97. The fourth-order valence-electron chi connectivity index (χ4n) is 2.22. The highest BCUT2D eigenvalue weighted by Crippen LogP contribution is 2.17. The Morgan fingerprint density at radius 3 is 3.17 bits per heavy atom. The van der Waals surface area contributed by atoms with E-state index in [1.807, 2.05) is 6.92 Å². The number of carbonyl (C=O) groups is 1. The highest BCUT2D eigenvalue weighted by molar-refractivity contribution is 5.94. The number of amides is 1. The maximum absolute atomic E-state index is 12.2. The summed E-state index contributed by atoms with van der Waals surface area (Å²) in [4.78, 5) is 17.8. The molecule has 0 aliphatic carbocycles. The molecule has 18 heavy (non-hydrogen) atoms. The Morgan fingerprint density at radius 2 is 2.44 bits per heavy atom. The summed E-state index contributed by atoms with van der Waals surface area (Å²) in [6, 6.07) is 1.44. The van der Waals surface area contributed by atoms with Crippen LogP contribution in [0.3, 0.4) is 0 Å². The molecule has 1 atom stereocenters.